The first-order valence-corrected chi connectivity index (χ1v) is 6.53. The minimum Gasteiger partial charge on any atom is -0.422 e. The van der Waals surface area contributed by atoms with E-state index in [0.29, 0.717) is 23.3 Å². The summed E-state index contributed by atoms with van der Waals surface area (Å²) in [5.74, 6) is -0.191. The summed E-state index contributed by atoms with van der Waals surface area (Å²) < 4.78 is 5.33. The van der Waals surface area contributed by atoms with E-state index in [4.69, 9.17) is 4.74 Å². The summed E-state index contributed by atoms with van der Waals surface area (Å²) in [5.41, 5.74) is 1.98. The standard InChI is InChI=1S/C17H16O3/c1-3-15(18)14-6-4-5-7-16(14)20-17(19)13-10-8-12(2)9-11-13/h4-11H,3H2,1-2H3. The molecule has 0 unspecified atom stereocenters. The average molecular weight is 268 g/mol. The maximum absolute atomic E-state index is 12.1. The predicted octanol–water partition coefficient (Wildman–Crippen LogP) is 3.81. The van der Waals surface area contributed by atoms with Crippen LogP contribution in [0.25, 0.3) is 0 Å². The monoisotopic (exact) mass is 268 g/mol. The van der Waals surface area contributed by atoms with E-state index in [1.807, 2.05) is 19.1 Å². The largest absolute Gasteiger partial charge is 0.422 e. The molecule has 0 N–H and O–H groups in total. The van der Waals surface area contributed by atoms with Gasteiger partial charge in [-0.05, 0) is 31.2 Å². The summed E-state index contributed by atoms with van der Waals surface area (Å²) >= 11 is 0. The highest BCUT2D eigenvalue weighted by atomic mass is 16.5. The third-order valence-corrected chi connectivity index (χ3v) is 3.00. The number of benzene rings is 2. The van der Waals surface area contributed by atoms with Gasteiger partial charge in [0.25, 0.3) is 0 Å². The van der Waals surface area contributed by atoms with Crippen molar-refractivity contribution >= 4 is 11.8 Å². The zero-order valence-electron chi connectivity index (χ0n) is 11.6. The third kappa shape index (κ3) is 3.12. The van der Waals surface area contributed by atoms with E-state index in [-0.39, 0.29) is 5.78 Å². The fourth-order valence-corrected chi connectivity index (χ4v) is 1.82. The molecule has 0 aliphatic rings. The molecule has 0 aromatic heterocycles. The van der Waals surface area contributed by atoms with Gasteiger partial charge in [-0.3, -0.25) is 4.79 Å². The molecule has 2 aromatic rings. The molecule has 20 heavy (non-hydrogen) atoms. The van der Waals surface area contributed by atoms with Crippen LogP contribution in [0.15, 0.2) is 48.5 Å². The van der Waals surface area contributed by atoms with Gasteiger partial charge < -0.3 is 4.74 Å². The molecule has 102 valence electrons. The van der Waals surface area contributed by atoms with Gasteiger partial charge >= 0.3 is 5.97 Å². The van der Waals surface area contributed by atoms with Crippen molar-refractivity contribution in [3.63, 3.8) is 0 Å². The van der Waals surface area contributed by atoms with Crippen molar-refractivity contribution in [2.24, 2.45) is 0 Å². The number of rotatable bonds is 4. The third-order valence-electron chi connectivity index (χ3n) is 3.00. The lowest BCUT2D eigenvalue weighted by molar-refractivity contribution is 0.0732. The normalized spacial score (nSPS) is 10.1. The van der Waals surface area contributed by atoms with Crippen LogP contribution in [0.4, 0.5) is 0 Å². The molecular weight excluding hydrogens is 252 g/mol. The fraction of sp³-hybridized carbons (Fsp3) is 0.176. The number of hydrogen-bond donors (Lipinski definition) is 0. The van der Waals surface area contributed by atoms with Gasteiger partial charge in [0, 0.05) is 6.42 Å². The summed E-state index contributed by atoms with van der Waals surface area (Å²) in [6.45, 7) is 3.73. The molecule has 3 nitrogen and oxygen atoms in total. The van der Waals surface area contributed by atoms with E-state index in [0.717, 1.165) is 5.56 Å². The Morgan fingerprint density at radius 3 is 2.30 bits per heavy atom. The number of Topliss-reactive ketones (excluding diaryl/α,β-unsaturated/α-hetero) is 1. The van der Waals surface area contributed by atoms with E-state index in [2.05, 4.69) is 0 Å². The summed E-state index contributed by atoms with van der Waals surface area (Å²) in [4.78, 5) is 23.9. The first kappa shape index (κ1) is 14.0. The lowest BCUT2D eigenvalue weighted by Crippen LogP contribution is -2.11. The van der Waals surface area contributed by atoms with Crippen molar-refractivity contribution in [1.29, 1.82) is 0 Å². The topological polar surface area (TPSA) is 43.4 Å². The van der Waals surface area contributed by atoms with Crippen LogP contribution in [-0.2, 0) is 0 Å². The average Bonchev–Trinajstić information content (AvgIpc) is 2.47. The van der Waals surface area contributed by atoms with E-state index in [1.54, 1.807) is 43.3 Å². The van der Waals surface area contributed by atoms with Crippen molar-refractivity contribution in [2.45, 2.75) is 20.3 Å². The first-order valence-electron chi connectivity index (χ1n) is 6.53. The van der Waals surface area contributed by atoms with Crippen LogP contribution in [-0.4, -0.2) is 11.8 Å². The molecule has 0 atom stereocenters. The molecule has 2 aromatic carbocycles. The molecule has 0 aliphatic carbocycles. The molecule has 0 fully saturated rings. The number of carbonyl (C=O) groups is 2. The lowest BCUT2D eigenvalue weighted by atomic mass is 10.1. The second kappa shape index (κ2) is 6.15. The maximum Gasteiger partial charge on any atom is 0.343 e. The molecule has 0 spiro atoms. The minimum absolute atomic E-state index is 0.0442. The van der Waals surface area contributed by atoms with Crippen LogP contribution in [0.1, 0.15) is 39.6 Å². The van der Waals surface area contributed by atoms with Gasteiger partial charge in [-0.1, -0.05) is 36.8 Å². The summed E-state index contributed by atoms with van der Waals surface area (Å²) in [6.07, 6.45) is 0.374. The van der Waals surface area contributed by atoms with Crippen LogP contribution in [0.3, 0.4) is 0 Å². The molecule has 0 heterocycles. The second-order valence-electron chi connectivity index (χ2n) is 4.53. The van der Waals surface area contributed by atoms with Crippen molar-refractivity contribution in [1.82, 2.24) is 0 Å². The van der Waals surface area contributed by atoms with Crippen LogP contribution in [0.5, 0.6) is 5.75 Å². The molecule has 2 rings (SSSR count). The summed E-state index contributed by atoms with van der Waals surface area (Å²) in [6, 6.07) is 13.9. The quantitative estimate of drug-likeness (QED) is 0.481. The highest BCUT2D eigenvalue weighted by molar-refractivity contribution is 6.00. The van der Waals surface area contributed by atoms with Gasteiger partial charge in [-0.2, -0.15) is 0 Å². The van der Waals surface area contributed by atoms with Crippen molar-refractivity contribution in [3.05, 3.63) is 65.2 Å². The Labute approximate surface area is 118 Å². The molecule has 0 aliphatic heterocycles. The molecule has 0 saturated carbocycles. The SMILES string of the molecule is CCC(=O)c1ccccc1OC(=O)c1ccc(C)cc1. The van der Waals surface area contributed by atoms with Gasteiger partial charge in [-0.15, -0.1) is 0 Å². The maximum atomic E-state index is 12.1. The van der Waals surface area contributed by atoms with Crippen LogP contribution < -0.4 is 4.74 Å². The van der Waals surface area contributed by atoms with E-state index in [1.165, 1.54) is 0 Å². The predicted molar refractivity (Wildman–Crippen MR) is 77.2 cm³/mol. The summed E-state index contributed by atoms with van der Waals surface area (Å²) in [5, 5.41) is 0. The second-order valence-corrected chi connectivity index (χ2v) is 4.53. The Kier molecular flexibility index (Phi) is 4.31. The molecule has 0 saturated heterocycles. The number of ether oxygens (including phenoxy) is 1. The number of ketones is 1. The Morgan fingerprint density at radius 2 is 1.65 bits per heavy atom. The zero-order valence-corrected chi connectivity index (χ0v) is 11.6. The minimum atomic E-state index is -0.457. The van der Waals surface area contributed by atoms with Gasteiger partial charge in [0.05, 0.1) is 11.1 Å². The number of para-hydroxylation sites is 1. The Hall–Kier alpha value is -2.42. The number of aryl methyl sites for hydroxylation is 1. The molecular formula is C17H16O3. The molecule has 3 heteroatoms. The van der Waals surface area contributed by atoms with Gasteiger partial charge in [0.15, 0.2) is 5.78 Å². The van der Waals surface area contributed by atoms with Crippen LogP contribution >= 0.6 is 0 Å². The highest BCUT2D eigenvalue weighted by Crippen LogP contribution is 2.21. The molecule has 0 bridgehead atoms. The Morgan fingerprint density at radius 1 is 1.00 bits per heavy atom. The van der Waals surface area contributed by atoms with E-state index in [9.17, 15) is 9.59 Å². The Bertz CT molecular complexity index is 627. The number of esters is 1. The van der Waals surface area contributed by atoms with Gasteiger partial charge in [0.1, 0.15) is 5.75 Å². The van der Waals surface area contributed by atoms with E-state index >= 15 is 0 Å². The van der Waals surface area contributed by atoms with Crippen molar-refractivity contribution in [3.8, 4) is 5.75 Å². The summed E-state index contributed by atoms with van der Waals surface area (Å²) in [7, 11) is 0. The lowest BCUT2D eigenvalue weighted by Gasteiger charge is -2.08. The van der Waals surface area contributed by atoms with Crippen LogP contribution in [0.2, 0.25) is 0 Å². The fourth-order valence-electron chi connectivity index (χ4n) is 1.82. The zero-order chi connectivity index (χ0) is 14.5. The molecule has 0 amide bonds. The number of hydrogen-bond acceptors (Lipinski definition) is 3. The highest BCUT2D eigenvalue weighted by Gasteiger charge is 2.14. The first-order chi connectivity index (χ1) is 9.61. The van der Waals surface area contributed by atoms with Gasteiger partial charge in [-0.25, -0.2) is 4.79 Å². The van der Waals surface area contributed by atoms with Gasteiger partial charge in [0.2, 0.25) is 0 Å². The Balaban J connectivity index is 2.24. The number of carbonyl (C=O) groups excluding carboxylic acids is 2. The molecule has 0 radical (unpaired) electrons. The van der Waals surface area contributed by atoms with E-state index < -0.39 is 5.97 Å². The smallest absolute Gasteiger partial charge is 0.343 e. The van der Waals surface area contributed by atoms with Crippen molar-refractivity contribution < 1.29 is 14.3 Å². The van der Waals surface area contributed by atoms with Crippen molar-refractivity contribution in [2.75, 3.05) is 0 Å². The van der Waals surface area contributed by atoms with Crippen LogP contribution in [0, 0.1) is 6.92 Å².